The van der Waals surface area contributed by atoms with Crippen LogP contribution in [0.3, 0.4) is 0 Å². The van der Waals surface area contributed by atoms with Crippen LogP contribution in [-0.4, -0.2) is 30.8 Å². The lowest BCUT2D eigenvalue weighted by Crippen LogP contribution is -2.07. The summed E-state index contributed by atoms with van der Waals surface area (Å²) in [6.45, 7) is 2.02. The maximum Gasteiger partial charge on any atom is 0.341 e. The Labute approximate surface area is 105 Å². The standard InChI is InChI=1S/C13H16O5/c1-3-18-13(16)10-6-4-9(5-7-12(14)15)8-11(10)17-2/h4,6,8H,3,5,7H2,1-2H3,(H,14,15). The third-order valence-electron chi connectivity index (χ3n) is 2.39. The van der Waals surface area contributed by atoms with E-state index in [1.807, 2.05) is 0 Å². The number of carboxylic acid groups (broad SMARTS) is 1. The van der Waals surface area contributed by atoms with Gasteiger partial charge in [0.1, 0.15) is 11.3 Å². The second kappa shape index (κ2) is 6.64. The van der Waals surface area contributed by atoms with E-state index in [1.54, 1.807) is 25.1 Å². The average Bonchev–Trinajstić information content (AvgIpc) is 2.36. The summed E-state index contributed by atoms with van der Waals surface area (Å²) in [6, 6.07) is 4.96. The van der Waals surface area contributed by atoms with Crippen molar-refractivity contribution >= 4 is 11.9 Å². The minimum absolute atomic E-state index is 0.0436. The summed E-state index contributed by atoms with van der Waals surface area (Å²) in [7, 11) is 1.46. The van der Waals surface area contributed by atoms with Crippen LogP contribution in [0.15, 0.2) is 18.2 Å². The summed E-state index contributed by atoms with van der Waals surface area (Å²) in [6.07, 6.45) is 0.441. The number of aryl methyl sites for hydroxylation is 1. The largest absolute Gasteiger partial charge is 0.496 e. The first-order valence-corrected chi connectivity index (χ1v) is 5.64. The summed E-state index contributed by atoms with van der Waals surface area (Å²) in [5.41, 5.74) is 1.15. The molecule has 0 unspecified atom stereocenters. The molecule has 0 aliphatic heterocycles. The van der Waals surface area contributed by atoms with Crippen LogP contribution < -0.4 is 4.74 Å². The van der Waals surface area contributed by atoms with E-state index in [2.05, 4.69) is 0 Å². The van der Waals surface area contributed by atoms with Crippen LogP contribution in [0.4, 0.5) is 0 Å². The highest BCUT2D eigenvalue weighted by Crippen LogP contribution is 2.22. The van der Waals surface area contributed by atoms with Crippen molar-refractivity contribution in [2.45, 2.75) is 19.8 Å². The molecule has 0 aromatic heterocycles. The molecule has 5 nitrogen and oxygen atoms in total. The Balaban J connectivity index is 2.89. The summed E-state index contributed by atoms with van der Waals surface area (Å²) in [5, 5.41) is 8.61. The predicted molar refractivity (Wildman–Crippen MR) is 64.9 cm³/mol. The molecule has 0 saturated heterocycles. The van der Waals surface area contributed by atoms with Crippen LogP contribution in [-0.2, 0) is 16.0 Å². The van der Waals surface area contributed by atoms with Crippen molar-refractivity contribution < 1.29 is 24.2 Å². The Hall–Kier alpha value is -2.04. The molecule has 0 fully saturated rings. The third kappa shape index (κ3) is 3.76. The van der Waals surface area contributed by atoms with E-state index in [9.17, 15) is 9.59 Å². The van der Waals surface area contributed by atoms with Crippen molar-refractivity contribution in [2.24, 2.45) is 0 Å². The molecule has 0 atom stereocenters. The predicted octanol–water partition coefficient (Wildman–Crippen LogP) is 1.89. The fraction of sp³-hybridized carbons (Fsp3) is 0.385. The number of carboxylic acids is 1. The minimum atomic E-state index is -0.858. The first-order valence-electron chi connectivity index (χ1n) is 5.64. The monoisotopic (exact) mass is 252 g/mol. The van der Waals surface area contributed by atoms with Crippen molar-refractivity contribution in [1.82, 2.24) is 0 Å². The quantitative estimate of drug-likeness (QED) is 0.783. The highest BCUT2D eigenvalue weighted by molar-refractivity contribution is 5.92. The molecule has 0 bridgehead atoms. The topological polar surface area (TPSA) is 72.8 Å². The van der Waals surface area contributed by atoms with E-state index < -0.39 is 11.9 Å². The van der Waals surface area contributed by atoms with Crippen LogP contribution in [0.25, 0.3) is 0 Å². The zero-order valence-corrected chi connectivity index (χ0v) is 10.4. The van der Waals surface area contributed by atoms with E-state index >= 15 is 0 Å². The van der Waals surface area contributed by atoms with Crippen LogP contribution in [0, 0.1) is 0 Å². The zero-order chi connectivity index (χ0) is 13.5. The van der Waals surface area contributed by atoms with Gasteiger partial charge in [-0.2, -0.15) is 0 Å². The normalized spacial score (nSPS) is 9.89. The number of esters is 1. The molecule has 0 heterocycles. The van der Waals surface area contributed by atoms with Gasteiger partial charge < -0.3 is 14.6 Å². The van der Waals surface area contributed by atoms with Crippen LogP contribution >= 0.6 is 0 Å². The molecule has 1 rings (SSSR count). The smallest absolute Gasteiger partial charge is 0.341 e. The molecule has 0 amide bonds. The van der Waals surface area contributed by atoms with E-state index in [0.29, 0.717) is 24.3 Å². The minimum Gasteiger partial charge on any atom is -0.496 e. The number of carbonyl (C=O) groups is 2. The van der Waals surface area contributed by atoms with Gasteiger partial charge in [-0.05, 0) is 31.0 Å². The van der Waals surface area contributed by atoms with Gasteiger partial charge in [-0.15, -0.1) is 0 Å². The average molecular weight is 252 g/mol. The van der Waals surface area contributed by atoms with Crippen molar-refractivity contribution in [3.8, 4) is 5.75 Å². The highest BCUT2D eigenvalue weighted by Gasteiger charge is 2.14. The molecule has 0 saturated carbocycles. The second-order valence-corrected chi connectivity index (χ2v) is 3.65. The van der Waals surface area contributed by atoms with Gasteiger partial charge in [0.15, 0.2) is 0 Å². The Morgan fingerprint density at radius 1 is 1.33 bits per heavy atom. The molecule has 98 valence electrons. The molecule has 1 N–H and O–H groups in total. The van der Waals surface area contributed by atoms with E-state index in [0.717, 1.165) is 5.56 Å². The number of benzene rings is 1. The highest BCUT2D eigenvalue weighted by atomic mass is 16.5. The maximum absolute atomic E-state index is 11.6. The fourth-order valence-corrected chi connectivity index (χ4v) is 1.52. The summed E-state index contributed by atoms with van der Waals surface area (Å²) >= 11 is 0. The van der Waals surface area contributed by atoms with Crippen molar-refractivity contribution in [3.05, 3.63) is 29.3 Å². The maximum atomic E-state index is 11.6. The van der Waals surface area contributed by atoms with Crippen LogP contribution in [0.2, 0.25) is 0 Å². The lowest BCUT2D eigenvalue weighted by molar-refractivity contribution is -0.136. The number of methoxy groups -OCH3 is 1. The number of hydrogen-bond donors (Lipinski definition) is 1. The number of carbonyl (C=O) groups excluding carboxylic acids is 1. The lowest BCUT2D eigenvalue weighted by atomic mass is 10.1. The van der Waals surface area contributed by atoms with E-state index in [-0.39, 0.29) is 6.42 Å². The Morgan fingerprint density at radius 2 is 2.06 bits per heavy atom. The van der Waals surface area contributed by atoms with E-state index in [1.165, 1.54) is 7.11 Å². The number of ether oxygens (including phenoxy) is 2. The van der Waals surface area contributed by atoms with Crippen molar-refractivity contribution in [3.63, 3.8) is 0 Å². The van der Waals surface area contributed by atoms with Crippen LogP contribution in [0.5, 0.6) is 5.75 Å². The summed E-state index contributed by atoms with van der Waals surface area (Å²) in [5.74, 6) is -0.904. The fourth-order valence-electron chi connectivity index (χ4n) is 1.52. The lowest BCUT2D eigenvalue weighted by Gasteiger charge is -2.09. The Bertz CT molecular complexity index is 439. The van der Waals surface area contributed by atoms with Crippen LogP contribution in [0.1, 0.15) is 29.3 Å². The zero-order valence-electron chi connectivity index (χ0n) is 10.4. The van der Waals surface area contributed by atoms with E-state index in [4.69, 9.17) is 14.6 Å². The number of rotatable bonds is 6. The molecule has 18 heavy (non-hydrogen) atoms. The molecule has 1 aromatic carbocycles. The van der Waals surface area contributed by atoms with Gasteiger partial charge in [0, 0.05) is 6.42 Å². The second-order valence-electron chi connectivity index (χ2n) is 3.65. The van der Waals surface area contributed by atoms with Gasteiger partial charge in [-0.25, -0.2) is 4.79 Å². The molecular weight excluding hydrogens is 236 g/mol. The Kier molecular flexibility index (Phi) is 5.17. The first-order chi connectivity index (χ1) is 8.58. The molecule has 0 spiro atoms. The number of aliphatic carboxylic acids is 1. The Morgan fingerprint density at radius 3 is 2.61 bits per heavy atom. The van der Waals surface area contributed by atoms with Gasteiger partial charge in [0.05, 0.1) is 13.7 Å². The van der Waals surface area contributed by atoms with Crippen molar-refractivity contribution in [2.75, 3.05) is 13.7 Å². The summed E-state index contributed by atoms with van der Waals surface area (Å²) < 4.78 is 10.0. The molecule has 0 aliphatic rings. The number of hydrogen-bond acceptors (Lipinski definition) is 4. The third-order valence-corrected chi connectivity index (χ3v) is 2.39. The van der Waals surface area contributed by atoms with Gasteiger partial charge in [-0.3, -0.25) is 4.79 Å². The van der Waals surface area contributed by atoms with Gasteiger partial charge in [0.25, 0.3) is 0 Å². The molecule has 0 aliphatic carbocycles. The molecule has 0 radical (unpaired) electrons. The first kappa shape index (κ1) is 14.0. The molecular formula is C13H16O5. The molecule has 5 heteroatoms. The van der Waals surface area contributed by atoms with Gasteiger partial charge in [-0.1, -0.05) is 6.07 Å². The van der Waals surface area contributed by atoms with Crippen molar-refractivity contribution in [1.29, 1.82) is 0 Å². The molecule has 1 aromatic rings. The van der Waals surface area contributed by atoms with Gasteiger partial charge in [0.2, 0.25) is 0 Å². The van der Waals surface area contributed by atoms with Gasteiger partial charge >= 0.3 is 11.9 Å². The summed E-state index contributed by atoms with van der Waals surface area (Å²) in [4.78, 5) is 22.1. The SMILES string of the molecule is CCOC(=O)c1ccc(CCC(=O)O)cc1OC.